The maximum atomic E-state index is 11.7. The molecular formula is C13H27N3O. The summed E-state index contributed by atoms with van der Waals surface area (Å²) >= 11 is 0. The van der Waals surface area contributed by atoms with Crippen LogP contribution in [0.2, 0.25) is 0 Å². The normalized spacial score (nSPS) is 19.3. The van der Waals surface area contributed by atoms with Crippen molar-refractivity contribution in [2.24, 2.45) is 5.92 Å². The van der Waals surface area contributed by atoms with Crippen molar-refractivity contribution in [3.8, 4) is 0 Å². The summed E-state index contributed by atoms with van der Waals surface area (Å²) in [4.78, 5) is 13.8. The average molecular weight is 241 g/mol. The molecule has 1 aliphatic heterocycles. The molecular weight excluding hydrogens is 214 g/mol. The molecule has 0 radical (unpaired) electrons. The molecule has 1 heterocycles. The number of piperidine rings is 1. The molecule has 1 rings (SSSR count). The lowest BCUT2D eigenvalue weighted by Crippen LogP contribution is -2.38. The molecule has 1 fully saturated rings. The van der Waals surface area contributed by atoms with Gasteiger partial charge in [0, 0.05) is 19.0 Å². The molecule has 100 valence electrons. The van der Waals surface area contributed by atoms with E-state index in [0.29, 0.717) is 12.5 Å². The number of hydrogen-bond acceptors (Lipinski definition) is 3. The minimum absolute atomic E-state index is 0.206. The molecule has 1 atom stereocenters. The van der Waals surface area contributed by atoms with Gasteiger partial charge < -0.3 is 15.5 Å². The standard InChI is InChI=1S/C13H27N3O/c1-11(16(2)3)10-15-13(17)5-4-12-6-8-14-9-7-12/h11-12,14H,4-10H2,1-3H3,(H,15,17). The van der Waals surface area contributed by atoms with Gasteiger partial charge in [0.25, 0.3) is 0 Å². The van der Waals surface area contributed by atoms with Gasteiger partial charge in [-0.1, -0.05) is 0 Å². The fraction of sp³-hybridized carbons (Fsp3) is 0.923. The van der Waals surface area contributed by atoms with Crippen molar-refractivity contribution in [1.29, 1.82) is 0 Å². The van der Waals surface area contributed by atoms with Crippen molar-refractivity contribution < 1.29 is 4.79 Å². The molecule has 0 aromatic carbocycles. The minimum Gasteiger partial charge on any atom is -0.355 e. The van der Waals surface area contributed by atoms with Crippen molar-refractivity contribution >= 4 is 5.91 Å². The predicted octanol–water partition coefficient (Wildman–Crippen LogP) is 0.833. The zero-order valence-corrected chi connectivity index (χ0v) is 11.5. The molecule has 17 heavy (non-hydrogen) atoms. The quantitative estimate of drug-likeness (QED) is 0.724. The Bertz CT molecular complexity index is 225. The van der Waals surface area contributed by atoms with Crippen LogP contribution in [0.1, 0.15) is 32.6 Å². The van der Waals surface area contributed by atoms with Crippen molar-refractivity contribution in [3.63, 3.8) is 0 Å². The molecule has 0 aromatic rings. The van der Waals surface area contributed by atoms with Gasteiger partial charge in [0.1, 0.15) is 0 Å². The number of nitrogens with zero attached hydrogens (tertiary/aromatic N) is 1. The molecule has 2 N–H and O–H groups in total. The Kier molecular flexibility index (Phi) is 6.52. The third kappa shape index (κ3) is 6.03. The topological polar surface area (TPSA) is 44.4 Å². The van der Waals surface area contributed by atoms with E-state index in [1.165, 1.54) is 12.8 Å². The highest BCUT2D eigenvalue weighted by molar-refractivity contribution is 5.75. The van der Waals surface area contributed by atoms with Gasteiger partial charge in [-0.15, -0.1) is 0 Å². The van der Waals surface area contributed by atoms with Gasteiger partial charge in [-0.3, -0.25) is 4.79 Å². The van der Waals surface area contributed by atoms with Crippen LogP contribution in [0.15, 0.2) is 0 Å². The smallest absolute Gasteiger partial charge is 0.220 e. The number of nitrogens with one attached hydrogen (secondary N) is 2. The van der Waals surface area contributed by atoms with E-state index >= 15 is 0 Å². The molecule has 1 saturated heterocycles. The average Bonchev–Trinajstić information content (AvgIpc) is 2.34. The van der Waals surface area contributed by atoms with Gasteiger partial charge in [-0.05, 0) is 59.3 Å². The van der Waals surface area contributed by atoms with Crippen LogP contribution in [0.5, 0.6) is 0 Å². The summed E-state index contributed by atoms with van der Waals surface area (Å²) in [5.74, 6) is 0.950. The Hall–Kier alpha value is -0.610. The summed E-state index contributed by atoms with van der Waals surface area (Å²) in [6, 6.07) is 0.401. The van der Waals surface area contributed by atoms with Crippen LogP contribution in [0.25, 0.3) is 0 Å². The molecule has 0 aliphatic carbocycles. The molecule has 0 bridgehead atoms. The highest BCUT2D eigenvalue weighted by atomic mass is 16.1. The van der Waals surface area contributed by atoms with Crippen LogP contribution < -0.4 is 10.6 Å². The number of hydrogen-bond donors (Lipinski definition) is 2. The minimum atomic E-state index is 0.206. The number of rotatable bonds is 6. The third-order valence-corrected chi connectivity index (χ3v) is 3.71. The van der Waals surface area contributed by atoms with Crippen LogP contribution in [0, 0.1) is 5.92 Å². The van der Waals surface area contributed by atoms with Gasteiger partial charge in [0.15, 0.2) is 0 Å². The van der Waals surface area contributed by atoms with E-state index in [1.807, 2.05) is 14.1 Å². The van der Waals surface area contributed by atoms with Crippen LogP contribution in [0.3, 0.4) is 0 Å². The number of likely N-dealkylation sites (N-methyl/N-ethyl adjacent to an activating group) is 1. The first kappa shape index (κ1) is 14.5. The summed E-state index contributed by atoms with van der Waals surface area (Å²) in [6.45, 7) is 5.10. The lowest BCUT2D eigenvalue weighted by atomic mass is 9.93. The maximum Gasteiger partial charge on any atom is 0.220 e. The first-order chi connectivity index (χ1) is 8.09. The van der Waals surface area contributed by atoms with E-state index < -0.39 is 0 Å². The molecule has 4 heteroatoms. The first-order valence-electron chi connectivity index (χ1n) is 6.73. The van der Waals surface area contributed by atoms with Crippen LogP contribution >= 0.6 is 0 Å². The van der Waals surface area contributed by atoms with Gasteiger partial charge in [0.2, 0.25) is 5.91 Å². The summed E-state index contributed by atoms with van der Waals surface area (Å²) in [5, 5.41) is 6.36. The molecule has 4 nitrogen and oxygen atoms in total. The van der Waals surface area contributed by atoms with Gasteiger partial charge in [-0.2, -0.15) is 0 Å². The molecule has 1 aliphatic rings. The zero-order chi connectivity index (χ0) is 12.7. The molecule has 0 spiro atoms. The Labute approximate surface area is 105 Å². The Balaban J connectivity index is 2.08. The lowest BCUT2D eigenvalue weighted by Gasteiger charge is -2.23. The van der Waals surface area contributed by atoms with Crippen LogP contribution in [-0.2, 0) is 4.79 Å². The Morgan fingerprint density at radius 3 is 2.65 bits per heavy atom. The van der Waals surface area contributed by atoms with E-state index in [-0.39, 0.29) is 5.91 Å². The largest absolute Gasteiger partial charge is 0.355 e. The molecule has 1 amide bonds. The van der Waals surface area contributed by atoms with Crippen LogP contribution in [-0.4, -0.2) is 50.6 Å². The SMILES string of the molecule is CC(CNC(=O)CCC1CCNCC1)N(C)C. The highest BCUT2D eigenvalue weighted by Crippen LogP contribution is 2.17. The maximum absolute atomic E-state index is 11.7. The molecule has 0 aromatic heterocycles. The first-order valence-corrected chi connectivity index (χ1v) is 6.73. The highest BCUT2D eigenvalue weighted by Gasteiger charge is 2.14. The number of amides is 1. The predicted molar refractivity (Wildman–Crippen MR) is 71.0 cm³/mol. The van der Waals surface area contributed by atoms with Crippen LogP contribution in [0.4, 0.5) is 0 Å². The van der Waals surface area contributed by atoms with E-state index in [2.05, 4.69) is 22.5 Å². The monoisotopic (exact) mass is 241 g/mol. The van der Waals surface area contributed by atoms with Crippen molar-refractivity contribution in [2.75, 3.05) is 33.7 Å². The van der Waals surface area contributed by atoms with Gasteiger partial charge in [-0.25, -0.2) is 0 Å². The fourth-order valence-electron chi connectivity index (χ4n) is 2.04. The molecule has 0 saturated carbocycles. The zero-order valence-electron chi connectivity index (χ0n) is 11.5. The lowest BCUT2D eigenvalue weighted by molar-refractivity contribution is -0.121. The number of carbonyl (C=O) groups is 1. The third-order valence-electron chi connectivity index (χ3n) is 3.71. The van der Waals surface area contributed by atoms with Gasteiger partial charge in [0.05, 0.1) is 0 Å². The summed E-state index contributed by atoms with van der Waals surface area (Å²) in [5.41, 5.74) is 0. The number of carbonyl (C=O) groups excluding carboxylic acids is 1. The van der Waals surface area contributed by atoms with Crippen molar-refractivity contribution in [3.05, 3.63) is 0 Å². The van der Waals surface area contributed by atoms with E-state index in [4.69, 9.17) is 0 Å². The summed E-state index contributed by atoms with van der Waals surface area (Å²) in [6.07, 6.45) is 4.18. The Morgan fingerprint density at radius 2 is 2.06 bits per heavy atom. The van der Waals surface area contributed by atoms with E-state index in [1.54, 1.807) is 0 Å². The van der Waals surface area contributed by atoms with Crippen molar-refractivity contribution in [1.82, 2.24) is 15.5 Å². The van der Waals surface area contributed by atoms with E-state index in [0.717, 1.165) is 32.0 Å². The summed E-state index contributed by atoms with van der Waals surface area (Å²) in [7, 11) is 4.07. The second-order valence-electron chi connectivity index (χ2n) is 5.35. The fourth-order valence-corrected chi connectivity index (χ4v) is 2.04. The van der Waals surface area contributed by atoms with Gasteiger partial charge >= 0.3 is 0 Å². The Morgan fingerprint density at radius 1 is 1.41 bits per heavy atom. The second kappa shape index (κ2) is 7.67. The van der Waals surface area contributed by atoms with Crippen molar-refractivity contribution in [2.45, 2.75) is 38.6 Å². The molecule has 1 unspecified atom stereocenters. The summed E-state index contributed by atoms with van der Waals surface area (Å²) < 4.78 is 0. The van der Waals surface area contributed by atoms with E-state index in [9.17, 15) is 4.79 Å². The second-order valence-corrected chi connectivity index (χ2v) is 5.35.